The number of hydrogen-bond donors (Lipinski definition) is 2. The molecule has 0 saturated heterocycles. The summed E-state index contributed by atoms with van der Waals surface area (Å²) in [5.41, 5.74) is -5.51. The number of hydrogen-bond acceptors (Lipinski definition) is 7. The van der Waals surface area contributed by atoms with E-state index in [4.69, 9.17) is 21.1 Å². The van der Waals surface area contributed by atoms with Crippen LogP contribution in [-0.2, 0) is 20.2 Å². The first-order valence-electron chi connectivity index (χ1n) is 11.4. The molecule has 8 nitrogen and oxygen atoms in total. The largest absolute Gasteiger partial charge is 0.494 e. The highest BCUT2D eigenvalue weighted by Gasteiger charge is 2.64. The summed E-state index contributed by atoms with van der Waals surface area (Å²) in [5, 5.41) is 8.27. The van der Waals surface area contributed by atoms with Crippen molar-refractivity contribution in [3.05, 3.63) is 77.2 Å². The van der Waals surface area contributed by atoms with Crippen LogP contribution in [0.15, 0.2) is 65.6 Å². The van der Waals surface area contributed by atoms with Gasteiger partial charge < -0.3 is 19.9 Å². The third-order valence-corrected chi connectivity index (χ3v) is 7.65. The molecule has 1 aromatic heterocycles. The number of aliphatic hydroxyl groups is 1. The van der Waals surface area contributed by atoms with Crippen LogP contribution >= 0.6 is 11.6 Å². The maximum atomic E-state index is 16.1. The molecule has 3 aromatic rings. The summed E-state index contributed by atoms with van der Waals surface area (Å²) in [6.45, 7) is 3.26. The molecule has 1 unspecified atom stereocenters. The maximum absolute atomic E-state index is 16.1. The second kappa shape index (κ2) is 11.0. The molecule has 0 radical (unpaired) electrons. The van der Waals surface area contributed by atoms with Crippen LogP contribution < -0.4 is 10.1 Å². The number of alkyl halides is 2. The lowest BCUT2D eigenvalue weighted by molar-refractivity contribution is -0.132. The first-order chi connectivity index (χ1) is 18.0. The van der Waals surface area contributed by atoms with Crippen LogP contribution in [0.4, 0.5) is 18.0 Å². The zero-order valence-corrected chi connectivity index (χ0v) is 22.9. The molecule has 39 heavy (non-hydrogen) atoms. The molecule has 13 heteroatoms. The van der Waals surface area contributed by atoms with Crippen LogP contribution in [-0.4, -0.2) is 49.1 Å². The number of rotatable bonds is 8. The molecular weight excluding hydrogens is 561 g/mol. The first-order valence-corrected chi connectivity index (χ1v) is 13.3. The second-order valence-corrected chi connectivity index (χ2v) is 11.8. The van der Waals surface area contributed by atoms with Crippen molar-refractivity contribution in [2.45, 2.75) is 42.1 Å². The highest BCUT2D eigenvalue weighted by atomic mass is 35.5. The average Bonchev–Trinajstić information content (AvgIpc) is 2.87. The van der Waals surface area contributed by atoms with Crippen molar-refractivity contribution in [1.82, 2.24) is 10.3 Å². The van der Waals surface area contributed by atoms with Gasteiger partial charge in [-0.2, -0.15) is 8.78 Å². The van der Waals surface area contributed by atoms with Crippen molar-refractivity contribution in [2.24, 2.45) is 0 Å². The highest BCUT2D eigenvalue weighted by Crippen LogP contribution is 2.45. The summed E-state index contributed by atoms with van der Waals surface area (Å²) in [7, 11) is -4.29. The Morgan fingerprint density at radius 1 is 1.08 bits per heavy atom. The Morgan fingerprint density at radius 3 is 2.28 bits per heavy atom. The van der Waals surface area contributed by atoms with Crippen LogP contribution in [0.3, 0.4) is 0 Å². The molecule has 0 aliphatic carbocycles. The predicted molar refractivity (Wildman–Crippen MR) is 138 cm³/mol. The number of benzene rings is 2. The van der Waals surface area contributed by atoms with Gasteiger partial charge in [-0.1, -0.05) is 29.8 Å². The molecule has 2 aromatic carbocycles. The van der Waals surface area contributed by atoms with Crippen LogP contribution in [0, 0.1) is 5.82 Å². The number of carbonyl (C=O) groups is 1. The number of nitrogens with zero attached hydrogens (tertiary/aromatic N) is 1. The Morgan fingerprint density at radius 2 is 1.72 bits per heavy atom. The lowest BCUT2D eigenvalue weighted by Crippen LogP contribution is -2.57. The molecule has 0 saturated carbocycles. The van der Waals surface area contributed by atoms with Crippen molar-refractivity contribution in [3.8, 4) is 17.0 Å². The number of halogens is 4. The zero-order chi connectivity index (χ0) is 29.2. The van der Waals surface area contributed by atoms with Gasteiger partial charge in [-0.05, 0) is 63.2 Å². The topological polar surface area (TPSA) is 115 Å². The lowest BCUT2D eigenvalue weighted by Gasteiger charge is -2.35. The van der Waals surface area contributed by atoms with Gasteiger partial charge >= 0.3 is 11.3 Å². The van der Waals surface area contributed by atoms with Gasteiger partial charge in [0.1, 0.15) is 22.9 Å². The van der Waals surface area contributed by atoms with Crippen molar-refractivity contribution >= 4 is 27.5 Å². The van der Waals surface area contributed by atoms with Crippen molar-refractivity contribution in [3.63, 3.8) is 0 Å². The Kier molecular flexibility index (Phi) is 8.54. The molecule has 0 bridgehead atoms. The minimum absolute atomic E-state index is 0.0260. The SMILES string of the molecule is COc1ccc(C(O)(CNC(=O)OC(C)(C)C)C(F)(F)S(=O)(=O)c2ccccc2)nc1-c1ccc(F)c(Cl)c1. The summed E-state index contributed by atoms with van der Waals surface area (Å²) < 4.78 is 82.5. The Hall–Kier alpha value is -3.35. The van der Waals surface area contributed by atoms with Gasteiger partial charge in [-0.15, -0.1) is 0 Å². The number of pyridine rings is 1. The fourth-order valence-corrected chi connectivity index (χ4v) is 5.13. The summed E-state index contributed by atoms with van der Waals surface area (Å²) in [6, 6.07) is 11.3. The van der Waals surface area contributed by atoms with Crippen molar-refractivity contribution in [2.75, 3.05) is 13.7 Å². The number of sulfone groups is 1. The fourth-order valence-electron chi connectivity index (χ4n) is 3.52. The minimum atomic E-state index is -5.55. The van der Waals surface area contributed by atoms with Crippen molar-refractivity contribution < 1.29 is 41.0 Å². The number of amides is 1. The van der Waals surface area contributed by atoms with Gasteiger partial charge in [0.2, 0.25) is 15.4 Å². The molecular formula is C26H26ClF3N2O6S. The lowest BCUT2D eigenvalue weighted by atomic mass is 9.97. The molecule has 3 rings (SSSR count). The van der Waals surface area contributed by atoms with Crippen LogP contribution in [0.1, 0.15) is 26.5 Å². The molecule has 1 heterocycles. The van der Waals surface area contributed by atoms with E-state index in [9.17, 15) is 22.7 Å². The molecule has 0 fully saturated rings. The molecule has 210 valence electrons. The van der Waals surface area contributed by atoms with Gasteiger partial charge in [0.15, 0.2) is 0 Å². The molecule has 0 spiro atoms. The Bertz CT molecular complexity index is 1470. The summed E-state index contributed by atoms with van der Waals surface area (Å²) in [6.07, 6.45) is -1.19. The van der Waals surface area contributed by atoms with Crippen molar-refractivity contribution in [1.29, 1.82) is 0 Å². The number of alkyl carbamates (subject to hydrolysis) is 1. The molecule has 1 amide bonds. The van der Waals surface area contributed by atoms with E-state index in [-0.39, 0.29) is 22.0 Å². The van der Waals surface area contributed by atoms with E-state index >= 15 is 8.78 Å². The predicted octanol–water partition coefficient (Wildman–Crippen LogP) is 5.33. The van der Waals surface area contributed by atoms with Gasteiger partial charge in [0.05, 0.1) is 29.3 Å². The summed E-state index contributed by atoms with van der Waals surface area (Å²) in [5.74, 6) is -0.729. The number of methoxy groups -OCH3 is 1. The van der Waals surface area contributed by atoms with E-state index in [1.165, 1.54) is 58.2 Å². The monoisotopic (exact) mass is 586 g/mol. The second-order valence-electron chi connectivity index (χ2n) is 9.43. The van der Waals surface area contributed by atoms with Crippen LogP contribution in [0.25, 0.3) is 11.3 Å². The van der Waals surface area contributed by atoms with Crippen LogP contribution in [0.5, 0.6) is 5.75 Å². The molecule has 2 N–H and O–H groups in total. The molecule has 0 aliphatic heterocycles. The average molecular weight is 587 g/mol. The van der Waals surface area contributed by atoms with Crippen LogP contribution in [0.2, 0.25) is 5.02 Å². The van der Waals surface area contributed by atoms with Gasteiger partial charge in [-0.25, -0.2) is 22.6 Å². The number of aromatic nitrogens is 1. The standard InChI is InChI=1S/C26H26ClF3N2O6S/c1-24(2,3)38-23(33)31-15-25(34,26(29,30)39(35,36)17-8-6-5-7-9-17)21-13-12-20(37-4)22(32-21)16-10-11-19(28)18(27)14-16/h5-14,34H,15H2,1-4H3,(H,31,33). The third-order valence-electron chi connectivity index (χ3n) is 5.45. The third kappa shape index (κ3) is 6.13. The number of ether oxygens (including phenoxy) is 2. The van der Waals surface area contributed by atoms with E-state index < -0.39 is 55.3 Å². The van der Waals surface area contributed by atoms with E-state index in [1.54, 1.807) is 0 Å². The maximum Gasteiger partial charge on any atom is 0.407 e. The van der Waals surface area contributed by atoms with E-state index in [2.05, 4.69) is 4.98 Å². The van der Waals surface area contributed by atoms with Gasteiger partial charge in [0.25, 0.3) is 0 Å². The molecule has 0 aliphatic rings. The number of carbonyl (C=O) groups excluding carboxylic acids is 1. The minimum Gasteiger partial charge on any atom is -0.494 e. The summed E-state index contributed by atoms with van der Waals surface area (Å²) in [4.78, 5) is 15.6. The normalized spacial score (nSPS) is 13.9. The van der Waals surface area contributed by atoms with E-state index in [0.29, 0.717) is 0 Å². The Labute approximate surface area is 228 Å². The molecule has 1 atom stereocenters. The quantitative estimate of drug-likeness (QED) is 0.367. The number of nitrogens with one attached hydrogen (secondary N) is 1. The van der Waals surface area contributed by atoms with E-state index in [0.717, 1.165) is 30.3 Å². The summed E-state index contributed by atoms with van der Waals surface area (Å²) >= 11 is 5.87. The van der Waals surface area contributed by atoms with Gasteiger partial charge in [-0.3, -0.25) is 0 Å². The van der Waals surface area contributed by atoms with E-state index in [1.807, 2.05) is 5.32 Å². The zero-order valence-electron chi connectivity index (χ0n) is 21.3. The first kappa shape index (κ1) is 30.2. The Balaban J connectivity index is 2.22. The smallest absolute Gasteiger partial charge is 0.407 e. The fraction of sp³-hybridized carbons (Fsp3) is 0.308. The highest BCUT2D eigenvalue weighted by molar-refractivity contribution is 7.92. The van der Waals surface area contributed by atoms with Gasteiger partial charge in [0, 0.05) is 5.56 Å².